The van der Waals surface area contributed by atoms with E-state index in [9.17, 15) is 0 Å². The highest BCUT2D eigenvalue weighted by molar-refractivity contribution is 5.52. The maximum absolute atomic E-state index is 5.58. The van der Waals surface area contributed by atoms with E-state index in [1.807, 2.05) is 0 Å². The van der Waals surface area contributed by atoms with Gasteiger partial charge in [0.25, 0.3) is 0 Å². The zero-order chi connectivity index (χ0) is 13.0. The number of benzene rings is 2. The Bertz CT molecular complexity index is 515. The second kappa shape index (κ2) is 5.69. The first kappa shape index (κ1) is 12.7. The van der Waals surface area contributed by atoms with Gasteiger partial charge in [-0.25, -0.2) is 0 Å². The van der Waals surface area contributed by atoms with Crippen molar-refractivity contribution in [2.75, 3.05) is 5.32 Å². The molecule has 0 heterocycles. The number of hydrogen-bond donors (Lipinski definition) is 2. The molecule has 0 aliphatic heterocycles. The molecule has 18 heavy (non-hydrogen) atoms. The van der Waals surface area contributed by atoms with Crippen molar-refractivity contribution in [3.63, 3.8) is 0 Å². The molecule has 0 saturated carbocycles. The lowest BCUT2D eigenvalue weighted by Crippen LogP contribution is -2.02. The Morgan fingerprint density at radius 2 is 1.61 bits per heavy atom. The van der Waals surface area contributed by atoms with Crippen LogP contribution in [0, 0.1) is 13.8 Å². The Morgan fingerprint density at radius 3 is 2.22 bits per heavy atom. The molecule has 0 saturated heterocycles. The normalized spacial score (nSPS) is 10.4. The Labute approximate surface area is 109 Å². The summed E-state index contributed by atoms with van der Waals surface area (Å²) < 4.78 is 0. The van der Waals surface area contributed by atoms with Crippen LogP contribution in [0.3, 0.4) is 0 Å². The fourth-order valence-corrected chi connectivity index (χ4v) is 2.00. The second-order valence-corrected chi connectivity index (χ2v) is 4.69. The van der Waals surface area contributed by atoms with Crippen LogP contribution >= 0.6 is 0 Å². The average molecular weight is 240 g/mol. The predicted octanol–water partition coefficient (Wildman–Crippen LogP) is 3.37. The van der Waals surface area contributed by atoms with E-state index in [1.54, 1.807) is 0 Å². The van der Waals surface area contributed by atoms with Gasteiger partial charge in [0.15, 0.2) is 0 Å². The molecule has 0 unspecified atom stereocenters. The highest BCUT2D eigenvalue weighted by Crippen LogP contribution is 2.17. The first-order valence-electron chi connectivity index (χ1n) is 6.28. The fourth-order valence-electron chi connectivity index (χ4n) is 2.00. The lowest BCUT2D eigenvalue weighted by atomic mass is 10.1. The molecule has 0 aromatic heterocycles. The van der Waals surface area contributed by atoms with Crippen LogP contribution in [-0.4, -0.2) is 0 Å². The van der Waals surface area contributed by atoms with Crippen molar-refractivity contribution >= 4 is 5.69 Å². The summed E-state index contributed by atoms with van der Waals surface area (Å²) in [6, 6.07) is 14.9. The van der Waals surface area contributed by atoms with Gasteiger partial charge in [-0.2, -0.15) is 0 Å². The van der Waals surface area contributed by atoms with Crippen LogP contribution < -0.4 is 11.1 Å². The lowest BCUT2D eigenvalue weighted by Gasteiger charge is -2.10. The summed E-state index contributed by atoms with van der Waals surface area (Å²) in [5.74, 6) is 0. The molecule has 0 radical (unpaired) electrons. The maximum Gasteiger partial charge on any atom is 0.0400 e. The van der Waals surface area contributed by atoms with Crippen molar-refractivity contribution in [2.24, 2.45) is 5.73 Å². The van der Waals surface area contributed by atoms with Crippen LogP contribution in [-0.2, 0) is 13.1 Å². The molecule has 3 N–H and O–H groups in total. The summed E-state index contributed by atoms with van der Waals surface area (Å²) in [5.41, 5.74) is 11.8. The van der Waals surface area contributed by atoms with Crippen molar-refractivity contribution in [3.05, 3.63) is 64.7 Å². The van der Waals surface area contributed by atoms with Gasteiger partial charge >= 0.3 is 0 Å². The molecule has 0 aliphatic carbocycles. The van der Waals surface area contributed by atoms with E-state index in [4.69, 9.17) is 5.73 Å². The number of nitrogens with two attached hydrogens (primary N) is 1. The highest BCUT2D eigenvalue weighted by Gasteiger charge is 1.98. The van der Waals surface area contributed by atoms with Gasteiger partial charge in [-0.05, 0) is 36.6 Å². The molecule has 0 aliphatic rings. The van der Waals surface area contributed by atoms with Gasteiger partial charge in [-0.1, -0.05) is 42.0 Å². The van der Waals surface area contributed by atoms with Crippen LogP contribution in [0.4, 0.5) is 5.69 Å². The summed E-state index contributed by atoms with van der Waals surface area (Å²) >= 11 is 0. The summed E-state index contributed by atoms with van der Waals surface area (Å²) in [5, 5.41) is 3.46. The van der Waals surface area contributed by atoms with Gasteiger partial charge in [0.05, 0.1) is 0 Å². The van der Waals surface area contributed by atoms with Crippen LogP contribution in [0.1, 0.15) is 22.3 Å². The van der Waals surface area contributed by atoms with E-state index in [2.05, 4.69) is 61.6 Å². The van der Waals surface area contributed by atoms with Gasteiger partial charge in [0, 0.05) is 18.8 Å². The number of rotatable bonds is 4. The Morgan fingerprint density at radius 1 is 0.944 bits per heavy atom. The van der Waals surface area contributed by atoms with E-state index in [1.165, 1.54) is 27.9 Å². The highest BCUT2D eigenvalue weighted by atomic mass is 14.9. The standard InChI is InChI=1S/C16H20N2/c1-12-3-8-16(13(2)9-12)18-11-15-6-4-14(10-17)5-7-15/h3-9,18H,10-11,17H2,1-2H3. The monoisotopic (exact) mass is 240 g/mol. The molecule has 0 spiro atoms. The van der Waals surface area contributed by atoms with Gasteiger partial charge in [0.1, 0.15) is 0 Å². The first-order valence-corrected chi connectivity index (χ1v) is 6.28. The number of anilines is 1. The average Bonchev–Trinajstić information content (AvgIpc) is 2.38. The topological polar surface area (TPSA) is 38.0 Å². The molecular weight excluding hydrogens is 220 g/mol. The number of hydrogen-bond acceptors (Lipinski definition) is 2. The van der Waals surface area contributed by atoms with Gasteiger partial charge < -0.3 is 11.1 Å². The Kier molecular flexibility index (Phi) is 4.00. The minimum atomic E-state index is 0.602. The molecule has 2 aromatic rings. The van der Waals surface area contributed by atoms with Crippen molar-refractivity contribution in [3.8, 4) is 0 Å². The molecule has 2 heteroatoms. The molecule has 0 fully saturated rings. The number of aryl methyl sites for hydroxylation is 2. The largest absolute Gasteiger partial charge is 0.381 e. The molecule has 2 aromatic carbocycles. The summed E-state index contributed by atoms with van der Waals surface area (Å²) in [6.07, 6.45) is 0. The van der Waals surface area contributed by atoms with Crippen molar-refractivity contribution in [2.45, 2.75) is 26.9 Å². The van der Waals surface area contributed by atoms with Crippen LogP contribution in [0.5, 0.6) is 0 Å². The van der Waals surface area contributed by atoms with E-state index >= 15 is 0 Å². The Hall–Kier alpha value is -1.80. The summed E-state index contributed by atoms with van der Waals surface area (Å²) in [7, 11) is 0. The number of nitrogens with one attached hydrogen (secondary N) is 1. The second-order valence-electron chi connectivity index (χ2n) is 4.69. The Balaban J connectivity index is 2.02. The zero-order valence-corrected chi connectivity index (χ0v) is 11.0. The van der Waals surface area contributed by atoms with Crippen molar-refractivity contribution in [1.29, 1.82) is 0 Å². The van der Waals surface area contributed by atoms with E-state index < -0.39 is 0 Å². The summed E-state index contributed by atoms with van der Waals surface area (Å²) in [4.78, 5) is 0. The molecule has 0 atom stereocenters. The van der Waals surface area contributed by atoms with Gasteiger partial charge in [-0.15, -0.1) is 0 Å². The van der Waals surface area contributed by atoms with E-state index in [0.717, 1.165) is 6.54 Å². The molecule has 2 nitrogen and oxygen atoms in total. The minimum absolute atomic E-state index is 0.602. The first-order chi connectivity index (χ1) is 8.69. The molecule has 94 valence electrons. The van der Waals surface area contributed by atoms with Gasteiger partial charge in [0.2, 0.25) is 0 Å². The zero-order valence-electron chi connectivity index (χ0n) is 11.0. The third-order valence-electron chi connectivity index (χ3n) is 3.12. The van der Waals surface area contributed by atoms with Crippen molar-refractivity contribution in [1.82, 2.24) is 0 Å². The minimum Gasteiger partial charge on any atom is -0.381 e. The van der Waals surface area contributed by atoms with E-state index in [0.29, 0.717) is 6.54 Å². The van der Waals surface area contributed by atoms with Crippen LogP contribution in [0.25, 0.3) is 0 Å². The molecular formula is C16H20N2. The maximum atomic E-state index is 5.58. The third kappa shape index (κ3) is 3.11. The smallest absolute Gasteiger partial charge is 0.0400 e. The van der Waals surface area contributed by atoms with Crippen LogP contribution in [0.2, 0.25) is 0 Å². The van der Waals surface area contributed by atoms with Gasteiger partial charge in [-0.3, -0.25) is 0 Å². The molecule has 0 amide bonds. The SMILES string of the molecule is Cc1ccc(NCc2ccc(CN)cc2)c(C)c1. The van der Waals surface area contributed by atoms with Crippen LogP contribution in [0.15, 0.2) is 42.5 Å². The molecule has 2 rings (SSSR count). The predicted molar refractivity (Wildman–Crippen MR) is 77.6 cm³/mol. The van der Waals surface area contributed by atoms with E-state index in [-0.39, 0.29) is 0 Å². The summed E-state index contributed by atoms with van der Waals surface area (Å²) in [6.45, 7) is 5.69. The molecule has 0 bridgehead atoms. The lowest BCUT2D eigenvalue weighted by molar-refractivity contribution is 1.06. The quantitative estimate of drug-likeness (QED) is 0.860. The fraction of sp³-hybridized carbons (Fsp3) is 0.250. The van der Waals surface area contributed by atoms with Crippen molar-refractivity contribution < 1.29 is 0 Å². The third-order valence-corrected chi connectivity index (χ3v) is 3.12.